The lowest BCUT2D eigenvalue weighted by Gasteiger charge is -2.08. The molecule has 0 aliphatic heterocycles. The molecule has 0 aliphatic rings. The van der Waals surface area contributed by atoms with Crippen LogP contribution in [-0.4, -0.2) is 26.7 Å². The Kier molecular flexibility index (Phi) is 7.83. The third-order valence-corrected chi connectivity index (χ3v) is 2.45. The molecule has 20 heavy (non-hydrogen) atoms. The van der Waals surface area contributed by atoms with E-state index in [1.165, 1.54) is 6.33 Å². The van der Waals surface area contributed by atoms with E-state index in [1.54, 1.807) is 17.9 Å². The van der Waals surface area contributed by atoms with Crippen molar-refractivity contribution < 1.29 is 4.79 Å². The van der Waals surface area contributed by atoms with Crippen molar-refractivity contribution in [3.63, 3.8) is 0 Å². The second kappa shape index (κ2) is 8.52. The molecule has 0 saturated heterocycles. The third kappa shape index (κ3) is 5.16. The number of rotatable bonds is 4. The van der Waals surface area contributed by atoms with E-state index in [9.17, 15) is 4.79 Å². The Morgan fingerprint density at radius 2 is 2.00 bits per heavy atom. The van der Waals surface area contributed by atoms with Crippen LogP contribution in [0.15, 0.2) is 36.9 Å². The van der Waals surface area contributed by atoms with Crippen molar-refractivity contribution in [3.05, 3.63) is 42.5 Å². The number of amides is 1. The predicted octanol–water partition coefficient (Wildman–Crippen LogP) is 1.46. The van der Waals surface area contributed by atoms with Crippen molar-refractivity contribution in [1.29, 1.82) is 0 Å². The van der Waals surface area contributed by atoms with E-state index in [0.29, 0.717) is 6.54 Å². The number of nitrogens with one attached hydrogen (secondary N) is 1. The fourth-order valence-corrected chi connectivity index (χ4v) is 1.45. The van der Waals surface area contributed by atoms with Crippen molar-refractivity contribution in [2.75, 3.05) is 5.32 Å². The third-order valence-electron chi connectivity index (χ3n) is 2.45. The van der Waals surface area contributed by atoms with Crippen LogP contribution in [0.4, 0.5) is 5.69 Å². The van der Waals surface area contributed by atoms with Gasteiger partial charge < -0.3 is 11.1 Å². The first-order valence-corrected chi connectivity index (χ1v) is 5.63. The molecule has 0 fully saturated rings. The van der Waals surface area contributed by atoms with Crippen molar-refractivity contribution >= 4 is 36.4 Å². The molecular formula is C12H17Cl2N5O. The first-order valence-electron chi connectivity index (χ1n) is 5.63. The molecule has 0 saturated carbocycles. The zero-order valence-electron chi connectivity index (χ0n) is 10.9. The van der Waals surface area contributed by atoms with Crippen LogP contribution in [0.25, 0.3) is 0 Å². The highest BCUT2D eigenvalue weighted by molar-refractivity contribution is 5.94. The van der Waals surface area contributed by atoms with Crippen molar-refractivity contribution in [2.45, 2.75) is 19.5 Å². The summed E-state index contributed by atoms with van der Waals surface area (Å²) in [5, 5.41) is 6.75. The average molecular weight is 318 g/mol. The van der Waals surface area contributed by atoms with Gasteiger partial charge in [0.05, 0.1) is 12.6 Å². The van der Waals surface area contributed by atoms with Gasteiger partial charge in [0.25, 0.3) is 0 Å². The lowest BCUT2D eigenvalue weighted by molar-refractivity contribution is -0.117. The second-order valence-corrected chi connectivity index (χ2v) is 4.07. The van der Waals surface area contributed by atoms with Gasteiger partial charge in [-0.15, -0.1) is 24.8 Å². The molecule has 1 aromatic carbocycles. The molecule has 1 aromatic heterocycles. The number of hydrogen-bond donors (Lipinski definition) is 2. The summed E-state index contributed by atoms with van der Waals surface area (Å²) in [6, 6.07) is 7.02. The lowest BCUT2D eigenvalue weighted by atomic mass is 10.2. The van der Waals surface area contributed by atoms with Gasteiger partial charge in [-0.25, -0.2) is 9.67 Å². The Labute approximate surface area is 129 Å². The second-order valence-electron chi connectivity index (χ2n) is 4.07. The molecule has 6 nitrogen and oxygen atoms in total. The topological polar surface area (TPSA) is 85.8 Å². The Morgan fingerprint density at radius 3 is 2.50 bits per heavy atom. The van der Waals surface area contributed by atoms with Crippen LogP contribution in [0.3, 0.4) is 0 Å². The highest BCUT2D eigenvalue weighted by atomic mass is 35.5. The molecule has 1 heterocycles. The van der Waals surface area contributed by atoms with Crippen molar-refractivity contribution in [3.8, 4) is 0 Å². The molecule has 110 valence electrons. The maximum Gasteiger partial charge on any atom is 0.240 e. The van der Waals surface area contributed by atoms with Gasteiger partial charge in [0, 0.05) is 5.69 Å². The Bertz CT molecular complexity index is 513. The van der Waals surface area contributed by atoms with E-state index < -0.39 is 6.04 Å². The summed E-state index contributed by atoms with van der Waals surface area (Å²) in [6.07, 6.45) is 3.16. The number of aromatic nitrogens is 3. The van der Waals surface area contributed by atoms with Gasteiger partial charge in [-0.05, 0) is 24.6 Å². The summed E-state index contributed by atoms with van der Waals surface area (Å²) in [6.45, 7) is 2.30. The van der Waals surface area contributed by atoms with E-state index >= 15 is 0 Å². The van der Waals surface area contributed by atoms with Crippen LogP contribution < -0.4 is 11.1 Å². The number of halogens is 2. The zero-order chi connectivity index (χ0) is 13.0. The van der Waals surface area contributed by atoms with Gasteiger partial charge in [0.2, 0.25) is 5.91 Å². The van der Waals surface area contributed by atoms with Gasteiger partial charge in [0.15, 0.2) is 0 Å². The number of anilines is 1. The van der Waals surface area contributed by atoms with E-state index in [4.69, 9.17) is 5.73 Å². The van der Waals surface area contributed by atoms with Gasteiger partial charge in [-0.2, -0.15) is 5.10 Å². The number of nitrogens with zero attached hydrogens (tertiary/aromatic N) is 3. The van der Waals surface area contributed by atoms with Gasteiger partial charge >= 0.3 is 0 Å². The predicted molar refractivity (Wildman–Crippen MR) is 82.3 cm³/mol. The largest absolute Gasteiger partial charge is 0.325 e. The molecule has 0 aliphatic carbocycles. The molecule has 2 rings (SSSR count). The molecule has 3 N–H and O–H groups in total. The minimum Gasteiger partial charge on any atom is -0.325 e. The number of hydrogen-bond acceptors (Lipinski definition) is 4. The van der Waals surface area contributed by atoms with Crippen LogP contribution in [0, 0.1) is 0 Å². The molecule has 0 bridgehead atoms. The van der Waals surface area contributed by atoms with Crippen LogP contribution >= 0.6 is 24.8 Å². The number of benzene rings is 1. The van der Waals surface area contributed by atoms with Gasteiger partial charge in [-0.1, -0.05) is 12.1 Å². The molecule has 1 amide bonds. The SMILES string of the molecule is CC(N)C(=O)Nc1ccc(Cn2cncn2)cc1.Cl.Cl. The molecular weight excluding hydrogens is 301 g/mol. The van der Waals surface area contributed by atoms with Gasteiger partial charge in [-0.3, -0.25) is 4.79 Å². The summed E-state index contributed by atoms with van der Waals surface area (Å²) >= 11 is 0. The highest BCUT2D eigenvalue weighted by Gasteiger charge is 2.06. The van der Waals surface area contributed by atoms with Crippen LogP contribution in [0.5, 0.6) is 0 Å². The minimum absolute atomic E-state index is 0. The van der Waals surface area contributed by atoms with E-state index in [0.717, 1.165) is 11.3 Å². The lowest BCUT2D eigenvalue weighted by Crippen LogP contribution is -2.32. The Morgan fingerprint density at radius 1 is 1.35 bits per heavy atom. The highest BCUT2D eigenvalue weighted by Crippen LogP contribution is 2.10. The number of nitrogens with two attached hydrogens (primary N) is 1. The molecule has 1 unspecified atom stereocenters. The number of carbonyl (C=O) groups is 1. The zero-order valence-corrected chi connectivity index (χ0v) is 12.5. The van der Waals surface area contributed by atoms with Crippen molar-refractivity contribution in [1.82, 2.24) is 14.8 Å². The van der Waals surface area contributed by atoms with Crippen LogP contribution in [0.2, 0.25) is 0 Å². The summed E-state index contributed by atoms with van der Waals surface area (Å²) < 4.78 is 1.73. The quantitative estimate of drug-likeness (QED) is 0.893. The molecule has 0 spiro atoms. The van der Waals surface area contributed by atoms with Crippen LogP contribution in [-0.2, 0) is 11.3 Å². The smallest absolute Gasteiger partial charge is 0.240 e. The standard InChI is InChI=1S/C12H15N5O.2ClH/c1-9(13)12(18)16-11-4-2-10(3-5-11)6-17-8-14-7-15-17;;/h2-5,7-9H,6,13H2,1H3,(H,16,18);2*1H. The Balaban J connectivity index is 0.00000180. The fraction of sp³-hybridized carbons (Fsp3) is 0.250. The fourth-order valence-electron chi connectivity index (χ4n) is 1.45. The normalized spacial score (nSPS) is 10.9. The summed E-state index contributed by atoms with van der Waals surface area (Å²) in [4.78, 5) is 15.3. The first kappa shape index (κ1) is 18.4. The molecule has 2 aromatic rings. The molecule has 8 heteroatoms. The monoisotopic (exact) mass is 317 g/mol. The first-order chi connectivity index (χ1) is 8.65. The van der Waals surface area contributed by atoms with E-state index in [2.05, 4.69) is 15.4 Å². The summed E-state index contributed by atoms with van der Waals surface area (Å²) in [7, 11) is 0. The summed E-state index contributed by atoms with van der Waals surface area (Å²) in [5.41, 5.74) is 7.29. The summed E-state index contributed by atoms with van der Waals surface area (Å²) in [5.74, 6) is -0.195. The number of carbonyl (C=O) groups excluding carboxylic acids is 1. The maximum atomic E-state index is 11.4. The minimum atomic E-state index is -0.514. The van der Waals surface area contributed by atoms with Gasteiger partial charge in [0.1, 0.15) is 12.7 Å². The van der Waals surface area contributed by atoms with Crippen LogP contribution in [0.1, 0.15) is 12.5 Å². The molecule has 1 atom stereocenters. The molecule has 0 radical (unpaired) electrons. The Hall–Kier alpha value is -1.63. The average Bonchev–Trinajstić information content (AvgIpc) is 2.84. The van der Waals surface area contributed by atoms with E-state index in [-0.39, 0.29) is 30.7 Å². The van der Waals surface area contributed by atoms with Crippen molar-refractivity contribution in [2.24, 2.45) is 5.73 Å². The maximum absolute atomic E-state index is 11.4. The van der Waals surface area contributed by atoms with E-state index in [1.807, 2.05) is 24.3 Å².